The Kier molecular flexibility index (Phi) is 4.79. The first-order valence-electron chi connectivity index (χ1n) is 6.76. The highest BCUT2D eigenvalue weighted by Gasteiger charge is 2.18. The number of nitrogens with zero attached hydrogens (tertiary/aromatic N) is 1. The molecule has 6 heteroatoms. The highest BCUT2D eigenvalue weighted by molar-refractivity contribution is 7.07. The van der Waals surface area contributed by atoms with E-state index in [1.807, 2.05) is 12.3 Å². The van der Waals surface area contributed by atoms with Gasteiger partial charge in [0.25, 0.3) is 5.91 Å². The summed E-state index contributed by atoms with van der Waals surface area (Å²) in [6.07, 6.45) is 2.57. The number of aromatic amines is 1. The van der Waals surface area contributed by atoms with Gasteiger partial charge in [-0.25, -0.2) is 0 Å². The quantitative estimate of drug-likeness (QED) is 0.764. The van der Waals surface area contributed by atoms with Crippen LogP contribution < -0.4 is 11.1 Å². The lowest BCUT2D eigenvalue weighted by Crippen LogP contribution is -2.34. The minimum atomic E-state index is -0.219. The van der Waals surface area contributed by atoms with Crippen LogP contribution in [0.4, 0.5) is 5.69 Å². The molecule has 4 N–H and O–H groups in total. The molecule has 1 atom stereocenters. The number of carbonyl (C=O) groups is 1. The molecule has 2 aromatic heterocycles. The average Bonchev–Trinajstić information content (AvgIpc) is 3.01. The zero-order valence-corrected chi connectivity index (χ0v) is 12.6. The summed E-state index contributed by atoms with van der Waals surface area (Å²) in [5.41, 5.74) is 8.77. The number of hydrogen-bond donors (Lipinski definition) is 3. The predicted octanol–water partition coefficient (Wildman–Crippen LogP) is 2.37. The highest BCUT2D eigenvalue weighted by Crippen LogP contribution is 2.16. The SMILES string of the molecule is CCCc1[nH]nc(C(=O)NC(C)Cc2ccsc2)c1N. The van der Waals surface area contributed by atoms with Crippen molar-refractivity contribution in [1.82, 2.24) is 15.5 Å². The van der Waals surface area contributed by atoms with E-state index >= 15 is 0 Å². The van der Waals surface area contributed by atoms with Crippen LogP contribution in [0.2, 0.25) is 0 Å². The minimum absolute atomic E-state index is 0.0443. The largest absolute Gasteiger partial charge is 0.395 e. The highest BCUT2D eigenvalue weighted by atomic mass is 32.1. The van der Waals surface area contributed by atoms with Crippen LogP contribution in [0, 0.1) is 0 Å². The third kappa shape index (κ3) is 3.39. The van der Waals surface area contributed by atoms with Gasteiger partial charge in [-0.15, -0.1) is 0 Å². The lowest BCUT2D eigenvalue weighted by Gasteiger charge is -2.12. The lowest BCUT2D eigenvalue weighted by molar-refractivity contribution is 0.0936. The summed E-state index contributed by atoms with van der Waals surface area (Å²) in [6.45, 7) is 4.04. The van der Waals surface area contributed by atoms with E-state index in [0.717, 1.165) is 25.0 Å². The van der Waals surface area contributed by atoms with Gasteiger partial charge in [-0.1, -0.05) is 13.3 Å². The number of nitrogens with two attached hydrogens (primary N) is 1. The van der Waals surface area contributed by atoms with Gasteiger partial charge in [0.05, 0.1) is 11.4 Å². The number of nitrogen functional groups attached to an aromatic ring is 1. The van der Waals surface area contributed by atoms with Crippen LogP contribution in [-0.4, -0.2) is 22.1 Å². The minimum Gasteiger partial charge on any atom is -0.395 e. The summed E-state index contributed by atoms with van der Waals surface area (Å²) in [4.78, 5) is 12.2. The Balaban J connectivity index is 1.97. The first-order valence-corrected chi connectivity index (χ1v) is 7.70. The Bertz CT molecular complexity index is 562. The molecule has 0 bridgehead atoms. The Morgan fingerprint density at radius 3 is 3.05 bits per heavy atom. The third-order valence-electron chi connectivity index (χ3n) is 3.10. The molecule has 0 spiro atoms. The first kappa shape index (κ1) is 14.6. The zero-order valence-electron chi connectivity index (χ0n) is 11.8. The van der Waals surface area contributed by atoms with Gasteiger partial charge in [-0.05, 0) is 42.2 Å². The predicted molar refractivity (Wildman–Crippen MR) is 81.9 cm³/mol. The van der Waals surface area contributed by atoms with Crippen molar-refractivity contribution in [3.05, 3.63) is 33.8 Å². The molecule has 1 amide bonds. The summed E-state index contributed by atoms with van der Waals surface area (Å²) >= 11 is 1.66. The summed E-state index contributed by atoms with van der Waals surface area (Å²) in [5, 5.41) is 13.9. The Morgan fingerprint density at radius 2 is 2.40 bits per heavy atom. The smallest absolute Gasteiger partial charge is 0.274 e. The molecule has 108 valence electrons. The summed E-state index contributed by atoms with van der Waals surface area (Å²) in [6, 6.07) is 2.11. The van der Waals surface area contributed by atoms with E-state index in [4.69, 9.17) is 5.73 Å². The van der Waals surface area contributed by atoms with E-state index in [1.165, 1.54) is 5.56 Å². The van der Waals surface area contributed by atoms with Crippen LogP contribution in [0.15, 0.2) is 16.8 Å². The Labute approximate surface area is 122 Å². The first-order chi connectivity index (χ1) is 9.61. The van der Waals surface area contributed by atoms with E-state index in [0.29, 0.717) is 11.4 Å². The number of amides is 1. The molecular formula is C14H20N4OS. The number of nitrogens with one attached hydrogen (secondary N) is 2. The summed E-state index contributed by atoms with van der Waals surface area (Å²) in [7, 11) is 0. The molecule has 0 aliphatic carbocycles. The van der Waals surface area contributed by atoms with Crippen LogP contribution in [0.1, 0.15) is 42.0 Å². The average molecular weight is 292 g/mol. The molecular weight excluding hydrogens is 272 g/mol. The van der Waals surface area contributed by atoms with Gasteiger partial charge in [-0.3, -0.25) is 9.89 Å². The molecule has 0 saturated carbocycles. The fourth-order valence-corrected chi connectivity index (χ4v) is 2.79. The van der Waals surface area contributed by atoms with Gasteiger partial charge in [-0.2, -0.15) is 16.4 Å². The van der Waals surface area contributed by atoms with Crippen molar-refractivity contribution in [2.45, 2.75) is 39.2 Å². The number of aromatic nitrogens is 2. The van der Waals surface area contributed by atoms with Gasteiger partial charge in [0.15, 0.2) is 5.69 Å². The van der Waals surface area contributed by atoms with Crippen LogP contribution in [-0.2, 0) is 12.8 Å². The van der Waals surface area contributed by atoms with Crippen molar-refractivity contribution >= 4 is 22.9 Å². The maximum atomic E-state index is 12.2. The normalized spacial score (nSPS) is 12.3. The van der Waals surface area contributed by atoms with Crippen LogP contribution in [0.3, 0.4) is 0 Å². The van der Waals surface area contributed by atoms with Gasteiger partial charge in [0.2, 0.25) is 0 Å². The second kappa shape index (κ2) is 6.56. The standard InChI is InChI=1S/C14H20N4OS/c1-3-4-11-12(15)13(18-17-11)14(19)16-9(2)7-10-5-6-20-8-10/h5-6,8-9H,3-4,7,15H2,1-2H3,(H,16,19)(H,17,18). The van der Waals surface area contributed by atoms with Crippen molar-refractivity contribution in [1.29, 1.82) is 0 Å². The van der Waals surface area contributed by atoms with Crippen LogP contribution in [0.25, 0.3) is 0 Å². The molecule has 0 radical (unpaired) electrons. The topological polar surface area (TPSA) is 83.8 Å². The molecule has 5 nitrogen and oxygen atoms in total. The van der Waals surface area contributed by atoms with E-state index in [1.54, 1.807) is 11.3 Å². The number of anilines is 1. The molecule has 0 saturated heterocycles. The van der Waals surface area contributed by atoms with Crippen molar-refractivity contribution in [2.75, 3.05) is 5.73 Å². The maximum absolute atomic E-state index is 12.2. The summed E-state index contributed by atoms with van der Waals surface area (Å²) in [5.74, 6) is -0.219. The molecule has 0 aromatic carbocycles. The monoisotopic (exact) mass is 292 g/mol. The number of carbonyl (C=O) groups excluding carboxylic acids is 1. The second-order valence-corrected chi connectivity index (χ2v) is 5.70. The molecule has 2 heterocycles. The fraction of sp³-hybridized carbons (Fsp3) is 0.429. The van der Waals surface area contributed by atoms with Crippen LogP contribution >= 0.6 is 11.3 Å². The third-order valence-corrected chi connectivity index (χ3v) is 3.83. The Hall–Kier alpha value is -1.82. The number of H-pyrrole nitrogens is 1. The van der Waals surface area contributed by atoms with Gasteiger partial charge in [0.1, 0.15) is 0 Å². The number of thiophene rings is 1. The fourth-order valence-electron chi connectivity index (χ4n) is 2.11. The molecule has 2 rings (SSSR count). The second-order valence-electron chi connectivity index (χ2n) is 4.92. The number of hydrogen-bond acceptors (Lipinski definition) is 4. The van der Waals surface area contributed by atoms with Crippen molar-refractivity contribution in [3.63, 3.8) is 0 Å². The van der Waals surface area contributed by atoms with E-state index in [9.17, 15) is 4.79 Å². The maximum Gasteiger partial charge on any atom is 0.274 e. The molecule has 0 aliphatic rings. The number of rotatable bonds is 6. The van der Waals surface area contributed by atoms with Crippen molar-refractivity contribution in [3.8, 4) is 0 Å². The molecule has 2 aromatic rings. The van der Waals surface area contributed by atoms with Gasteiger partial charge in [0, 0.05) is 6.04 Å². The Morgan fingerprint density at radius 1 is 1.60 bits per heavy atom. The van der Waals surface area contributed by atoms with Crippen molar-refractivity contribution < 1.29 is 4.79 Å². The van der Waals surface area contributed by atoms with E-state index in [-0.39, 0.29) is 11.9 Å². The molecule has 0 aliphatic heterocycles. The molecule has 20 heavy (non-hydrogen) atoms. The van der Waals surface area contributed by atoms with E-state index in [2.05, 4.69) is 33.9 Å². The molecule has 1 unspecified atom stereocenters. The summed E-state index contributed by atoms with van der Waals surface area (Å²) < 4.78 is 0. The lowest BCUT2D eigenvalue weighted by atomic mass is 10.1. The van der Waals surface area contributed by atoms with E-state index < -0.39 is 0 Å². The van der Waals surface area contributed by atoms with Crippen LogP contribution in [0.5, 0.6) is 0 Å². The van der Waals surface area contributed by atoms with Crippen molar-refractivity contribution in [2.24, 2.45) is 0 Å². The zero-order chi connectivity index (χ0) is 14.5. The van der Waals surface area contributed by atoms with Gasteiger partial charge < -0.3 is 11.1 Å². The molecule has 0 fully saturated rings. The van der Waals surface area contributed by atoms with Gasteiger partial charge >= 0.3 is 0 Å². The number of aryl methyl sites for hydroxylation is 1.